The molecule has 8 heteroatoms. The highest BCUT2D eigenvalue weighted by atomic mass is 35.5. The van der Waals surface area contributed by atoms with E-state index in [2.05, 4.69) is 20.7 Å². The average molecular weight is 402 g/mol. The molecule has 0 spiro atoms. The van der Waals surface area contributed by atoms with Crippen molar-refractivity contribution in [3.8, 4) is 11.5 Å². The molecule has 1 aliphatic rings. The maximum absolute atomic E-state index is 13.0. The van der Waals surface area contributed by atoms with E-state index in [0.29, 0.717) is 31.0 Å². The molecule has 148 valence electrons. The molecule has 7 nitrogen and oxygen atoms in total. The second-order valence-electron chi connectivity index (χ2n) is 6.92. The van der Waals surface area contributed by atoms with E-state index in [0.717, 1.165) is 18.7 Å². The molecule has 0 saturated carbocycles. The summed E-state index contributed by atoms with van der Waals surface area (Å²) in [7, 11) is 0. The number of nitrogens with one attached hydrogen (secondary N) is 2. The molecule has 2 N–H and O–H groups in total. The first kappa shape index (κ1) is 20.1. The molecule has 0 aliphatic carbocycles. The molecular weight excluding hydrogens is 378 g/mol. The third-order valence-corrected chi connectivity index (χ3v) is 5.08. The number of hydrogen-bond donors (Lipinski definition) is 2. The lowest BCUT2D eigenvalue weighted by Crippen LogP contribution is -2.54. The topological polar surface area (TPSA) is 85.0 Å². The summed E-state index contributed by atoms with van der Waals surface area (Å²) in [4.78, 5) is 17.5. The maximum Gasteiger partial charge on any atom is 0.248 e. The van der Waals surface area contributed by atoms with Gasteiger partial charge in [-0.1, -0.05) is 17.7 Å². The minimum absolute atomic E-state index is 0. The van der Waals surface area contributed by atoms with Gasteiger partial charge in [0.15, 0.2) is 0 Å². The third kappa shape index (κ3) is 3.95. The molecule has 0 bridgehead atoms. The van der Waals surface area contributed by atoms with Crippen LogP contribution in [0, 0.1) is 6.92 Å². The summed E-state index contributed by atoms with van der Waals surface area (Å²) < 4.78 is 7.36. The van der Waals surface area contributed by atoms with Crippen LogP contribution < -0.4 is 10.6 Å². The van der Waals surface area contributed by atoms with E-state index in [1.54, 1.807) is 17.1 Å². The predicted molar refractivity (Wildman–Crippen MR) is 108 cm³/mol. The number of rotatable bonds is 5. The number of amides is 1. The molecule has 3 heterocycles. The number of aromatic nitrogens is 3. The smallest absolute Gasteiger partial charge is 0.248 e. The average Bonchev–Trinajstić information content (AvgIpc) is 3.40. The van der Waals surface area contributed by atoms with Gasteiger partial charge in [0.1, 0.15) is 11.8 Å². The van der Waals surface area contributed by atoms with Gasteiger partial charge in [0.25, 0.3) is 0 Å². The summed E-state index contributed by atoms with van der Waals surface area (Å²) in [5, 5.41) is 10.7. The van der Waals surface area contributed by atoms with E-state index in [1.807, 2.05) is 43.5 Å². The Bertz CT molecular complexity index is 899. The number of oxazole rings is 1. The van der Waals surface area contributed by atoms with Crippen LogP contribution in [0.4, 0.5) is 0 Å². The first-order chi connectivity index (χ1) is 13.2. The molecule has 1 aliphatic heterocycles. The van der Waals surface area contributed by atoms with Crippen molar-refractivity contribution in [3.05, 3.63) is 60.2 Å². The lowest BCUT2D eigenvalue weighted by molar-refractivity contribution is -0.132. The fourth-order valence-electron chi connectivity index (χ4n) is 3.47. The largest absolute Gasteiger partial charge is 0.444 e. The number of nitrogens with zero attached hydrogens (tertiary/aromatic N) is 3. The predicted octanol–water partition coefficient (Wildman–Crippen LogP) is 2.66. The Labute approximate surface area is 169 Å². The normalized spacial score (nSPS) is 15.6. The maximum atomic E-state index is 13.0. The van der Waals surface area contributed by atoms with Gasteiger partial charge >= 0.3 is 0 Å². The molecule has 0 atom stereocenters. The SMILES string of the molecule is Cc1ccc(-c2nc(CNC(=O)C3(n4cccn4)CCNCC3)co2)cc1.Cl. The quantitative estimate of drug-likeness (QED) is 0.686. The zero-order valence-corrected chi connectivity index (χ0v) is 16.5. The Balaban J connectivity index is 0.00000225. The standard InChI is InChI=1S/C20H23N5O2.ClH/c1-15-3-5-16(6-4-15)18-24-17(14-27-18)13-22-19(26)20(7-10-21-11-8-20)25-12-2-9-23-25;/h2-6,9,12,14,21H,7-8,10-11,13H2,1H3,(H,22,26);1H. The molecule has 1 aromatic carbocycles. The van der Waals surface area contributed by atoms with Crippen molar-refractivity contribution < 1.29 is 9.21 Å². The van der Waals surface area contributed by atoms with Crippen molar-refractivity contribution >= 4 is 18.3 Å². The van der Waals surface area contributed by atoms with E-state index in [-0.39, 0.29) is 18.3 Å². The number of halogens is 1. The lowest BCUT2D eigenvalue weighted by atomic mass is 9.87. The lowest BCUT2D eigenvalue weighted by Gasteiger charge is -2.36. The summed E-state index contributed by atoms with van der Waals surface area (Å²) in [6.07, 6.45) is 6.57. The minimum Gasteiger partial charge on any atom is -0.444 e. The second-order valence-corrected chi connectivity index (χ2v) is 6.92. The third-order valence-electron chi connectivity index (χ3n) is 5.08. The Morgan fingerprint density at radius 2 is 2.04 bits per heavy atom. The molecular formula is C20H24ClN5O2. The van der Waals surface area contributed by atoms with E-state index in [4.69, 9.17) is 4.42 Å². The summed E-state index contributed by atoms with van der Waals surface area (Å²) in [6, 6.07) is 9.84. The molecule has 3 aromatic rings. The molecule has 1 amide bonds. The molecule has 2 aromatic heterocycles. The number of piperidine rings is 1. The van der Waals surface area contributed by atoms with Gasteiger partial charge in [-0.3, -0.25) is 9.48 Å². The van der Waals surface area contributed by atoms with E-state index < -0.39 is 5.54 Å². The molecule has 0 radical (unpaired) electrons. The van der Waals surface area contributed by atoms with Gasteiger partial charge < -0.3 is 15.1 Å². The van der Waals surface area contributed by atoms with Crippen LogP contribution in [-0.2, 0) is 16.9 Å². The second kappa shape index (κ2) is 8.58. The number of aryl methyl sites for hydroxylation is 1. The first-order valence-electron chi connectivity index (χ1n) is 9.18. The van der Waals surface area contributed by atoms with Gasteiger partial charge in [-0.25, -0.2) is 4.98 Å². The van der Waals surface area contributed by atoms with Crippen molar-refractivity contribution in [3.63, 3.8) is 0 Å². The van der Waals surface area contributed by atoms with Crippen LogP contribution in [0.1, 0.15) is 24.1 Å². The van der Waals surface area contributed by atoms with Gasteiger partial charge in [-0.05, 0) is 51.1 Å². The molecule has 4 rings (SSSR count). The van der Waals surface area contributed by atoms with Gasteiger partial charge in [0.2, 0.25) is 11.8 Å². The van der Waals surface area contributed by atoms with Crippen LogP contribution in [0.5, 0.6) is 0 Å². The van der Waals surface area contributed by atoms with Crippen LogP contribution in [0.25, 0.3) is 11.5 Å². The highest BCUT2D eigenvalue weighted by molar-refractivity contribution is 5.85. The van der Waals surface area contributed by atoms with Crippen LogP contribution in [-0.4, -0.2) is 33.8 Å². The van der Waals surface area contributed by atoms with Crippen molar-refractivity contribution in [2.75, 3.05) is 13.1 Å². The Morgan fingerprint density at radius 1 is 1.29 bits per heavy atom. The zero-order valence-electron chi connectivity index (χ0n) is 15.7. The Hall–Kier alpha value is -2.64. The fourth-order valence-corrected chi connectivity index (χ4v) is 3.47. The molecule has 28 heavy (non-hydrogen) atoms. The number of carbonyl (C=O) groups excluding carboxylic acids is 1. The highest BCUT2D eigenvalue weighted by Gasteiger charge is 2.41. The number of hydrogen-bond acceptors (Lipinski definition) is 5. The number of carbonyl (C=O) groups is 1. The van der Waals surface area contributed by atoms with Crippen LogP contribution in [0.15, 0.2) is 53.4 Å². The summed E-state index contributed by atoms with van der Waals surface area (Å²) >= 11 is 0. The van der Waals surface area contributed by atoms with Crippen LogP contribution in [0.2, 0.25) is 0 Å². The fraction of sp³-hybridized carbons (Fsp3) is 0.350. The van der Waals surface area contributed by atoms with Crippen molar-refractivity contribution in [1.82, 2.24) is 25.4 Å². The summed E-state index contributed by atoms with van der Waals surface area (Å²) in [5.41, 5.74) is 2.15. The van der Waals surface area contributed by atoms with Gasteiger partial charge in [-0.15, -0.1) is 12.4 Å². The Kier molecular flexibility index (Phi) is 6.16. The van der Waals surface area contributed by atoms with Crippen LogP contribution in [0.3, 0.4) is 0 Å². The first-order valence-corrected chi connectivity index (χ1v) is 9.18. The van der Waals surface area contributed by atoms with Crippen molar-refractivity contribution in [2.24, 2.45) is 0 Å². The minimum atomic E-state index is -0.654. The molecule has 1 saturated heterocycles. The molecule has 0 unspecified atom stereocenters. The monoisotopic (exact) mass is 401 g/mol. The Morgan fingerprint density at radius 3 is 2.71 bits per heavy atom. The highest BCUT2D eigenvalue weighted by Crippen LogP contribution is 2.27. The van der Waals surface area contributed by atoms with Crippen molar-refractivity contribution in [2.45, 2.75) is 31.8 Å². The zero-order chi connectivity index (χ0) is 18.7. The summed E-state index contributed by atoms with van der Waals surface area (Å²) in [6.45, 7) is 3.94. The van der Waals surface area contributed by atoms with Gasteiger partial charge in [-0.2, -0.15) is 5.10 Å². The van der Waals surface area contributed by atoms with E-state index in [1.165, 1.54) is 5.56 Å². The van der Waals surface area contributed by atoms with Crippen LogP contribution >= 0.6 is 12.4 Å². The van der Waals surface area contributed by atoms with E-state index in [9.17, 15) is 4.79 Å². The van der Waals surface area contributed by atoms with E-state index >= 15 is 0 Å². The number of benzene rings is 1. The van der Waals surface area contributed by atoms with Gasteiger partial charge in [0, 0.05) is 18.0 Å². The molecule has 1 fully saturated rings. The van der Waals surface area contributed by atoms with Crippen molar-refractivity contribution in [1.29, 1.82) is 0 Å². The van der Waals surface area contributed by atoms with Gasteiger partial charge in [0.05, 0.1) is 12.2 Å². The summed E-state index contributed by atoms with van der Waals surface area (Å²) in [5.74, 6) is 0.524.